The standard InChI is InChI=1S/C14H15ClF3N3/c1-2-3-7-21-8-6-19-13(21)20-10-4-5-12(15)11(9-10)14(16,17)18/h4-6,8-9H,2-3,7H2,1H3,(H,19,20). The number of rotatable bonds is 5. The van der Waals surface area contributed by atoms with Crippen LogP contribution in [-0.4, -0.2) is 9.55 Å². The van der Waals surface area contributed by atoms with Gasteiger partial charge in [0.05, 0.1) is 10.6 Å². The van der Waals surface area contributed by atoms with Crippen molar-refractivity contribution in [3.05, 3.63) is 41.2 Å². The van der Waals surface area contributed by atoms with E-state index in [1.807, 2.05) is 4.57 Å². The van der Waals surface area contributed by atoms with E-state index in [4.69, 9.17) is 11.6 Å². The molecule has 3 nitrogen and oxygen atoms in total. The largest absolute Gasteiger partial charge is 0.417 e. The molecule has 1 aromatic carbocycles. The molecule has 114 valence electrons. The van der Waals surface area contributed by atoms with Crippen molar-refractivity contribution in [1.82, 2.24) is 9.55 Å². The van der Waals surface area contributed by atoms with E-state index in [1.165, 1.54) is 12.1 Å². The average molecular weight is 318 g/mol. The number of hydrogen-bond acceptors (Lipinski definition) is 2. The fourth-order valence-corrected chi connectivity index (χ4v) is 2.12. The summed E-state index contributed by atoms with van der Waals surface area (Å²) in [4.78, 5) is 4.12. The minimum Gasteiger partial charge on any atom is -0.326 e. The van der Waals surface area contributed by atoms with Crippen LogP contribution in [0.2, 0.25) is 5.02 Å². The highest BCUT2D eigenvalue weighted by molar-refractivity contribution is 6.31. The molecule has 0 saturated heterocycles. The number of benzene rings is 1. The molecule has 0 saturated carbocycles. The first kappa shape index (κ1) is 15.7. The smallest absolute Gasteiger partial charge is 0.326 e. The fourth-order valence-electron chi connectivity index (χ4n) is 1.89. The van der Waals surface area contributed by atoms with Gasteiger partial charge in [-0.15, -0.1) is 0 Å². The predicted octanol–water partition coefficient (Wildman–Crippen LogP) is 5.10. The van der Waals surface area contributed by atoms with Gasteiger partial charge in [0.15, 0.2) is 0 Å². The van der Waals surface area contributed by atoms with E-state index in [1.54, 1.807) is 12.4 Å². The minimum absolute atomic E-state index is 0.302. The zero-order chi connectivity index (χ0) is 15.5. The van der Waals surface area contributed by atoms with Gasteiger partial charge in [-0.3, -0.25) is 0 Å². The molecule has 0 bridgehead atoms. The van der Waals surface area contributed by atoms with Crippen LogP contribution in [0.3, 0.4) is 0 Å². The molecule has 0 spiro atoms. The first-order chi connectivity index (χ1) is 9.91. The van der Waals surface area contributed by atoms with Crippen LogP contribution in [-0.2, 0) is 12.7 Å². The third-order valence-electron chi connectivity index (χ3n) is 3.00. The molecule has 0 amide bonds. The lowest BCUT2D eigenvalue weighted by atomic mass is 10.2. The summed E-state index contributed by atoms with van der Waals surface area (Å²) >= 11 is 5.59. The quantitative estimate of drug-likeness (QED) is 0.831. The first-order valence-electron chi connectivity index (χ1n) is 6.56. The second-order valence-corrected chi connectivity index (χ2v) is 5.02. The zero-order valence-corrected chi connectivity index (χ0v) is 12.2. The third kappa shape index (κ3) is 3.91. The Hall–Kier alpha value is -1.69. The Balaban J connectivity index is 2.22. The van der Waals surface area contributed by atoms with E-state index in [0.29, 0.717) is 11.6 Å². The molecule has 0 unspecified atom stereocenters. The highest BCUT2D eigenvalue weighted by atomic mass is 35.5. The molecule has 21 heavy (non-hydrogen) atoms. The summed E-state index contributed by atoms with van der Waals surface area (Å²) in [5.41, 5.74) is -0.559. The van der Waals surface area contributed by atoms with Crippen molar-refractivity contribution in [2.45, 2.75) is 32.5 Å². The summed E-state index contributed by atoms with van der Waals surface area (Å²) in [6.45, 7) is 2.83. The molecule has 0 aliphatic carbocycles. The number of unbranched alkanes of at least 4 members (excludes halogenated alkanes) is 1. The van der Waals surface area contributed by atoms with Gasteiger partial charge < -0.3 is 9.88 Å². The molecular weight excluding hydrogens is 303 g/mol. The van der Waals surface area contributed by atoms with E-state index < -0.39 is 11.7 Å². The molecule has 0 fully saturated rings. The minimum atomic E-state index is -4.48. The normalized spacial score (nSPS) is 11.7. The van der Waals surface area contributed by atoms with Gasteiger partial charge in [0.1, 0.15) is 0 Å². The molecule has 1 N–H and O–H groups in total. The van der Waals surface area contributed by atoms with Gasteiger partial charge in [-0.2, -0.15) is 13.2 Å². The second-order valence-electron chi connectivity index (χ2n) is 4.62. The molecule has 0 atom stereocenters. The monoisotopic (exact) mass is 317 g/mol. The first-order valence-corrected chi connectivity index (χ1v) is 6.94. The van der Waals surface area contributed by atoms with E-state index in [2.05, 4.69) is 17.2 Å². The lowest BCUT2D eigenvalue weighted by Crippen LogP contribution is -2.08. The number of aromatic nitrogens is 2. The fraction of sp³-hybridized carbons (Fsp3) is 0.357. The molecule has 1 heterocycles. The highest BCUT2D eigenvalue weighted by Gasteiger charge is 2.33. The van der Waals surface area contributed by atoms with Crippen molar-refractivity contribution in [3.63, 3.8) is 0 Å². The molecular formula is C14H15ClF3N3. The van der Waals surface area contributed by atoms with Crippen LogP contribution in [0.15, 0.2) is 30.6 Å². The lowest BCUT2D eigenvalue weighted by Gasteiger charge is -2.13. The van der Waals surface area contributed by atoms with Crippen molar-refractivity contribution in [1.29, 1.82) is 0 Å². The van der Waals surface area contributed by atoms with Gasteiger partial charge in [-0.1, -0.05) is 24.9 Å². The van der Waals surface area contributed by atoms with Crippen molar-refractivity contribution < 1.29 is 13.2 Å². The number of halogens is 4. The number of imidazole rings is 1. The van der Waals surface area contributed by atoms with Crippen LogP contribution in [0, 0.1) is 0 Å². The maximum atomic E-state index is 12.8. The molecule has 2 aromatic rings. The predicted molar refractivity (Wildman–Crippen MR) is 76.9 cm³/mol. The SMILES string of the molecule is CCCCn1ccnc1Nc1ccc(Cl)c(C(F)(F)F)c1. The van der Waals surface area contributed by atoms with Crippen LogP contribution < -0.4 is 5.32 Å². The number of nitrogens with one attached hydrogen (secondary N) is 1. The molecule has 0 radical (unpaired) electrons. The number of aryl methyl sites for hydroxylation is 1. The molecule has 7 heteroatoms. The van der Waals surface area contributed by atoms with Gasteiger partial charge in [-0.25, -0.2) is 4.98 Å². The van der Waals surface area contributed by atoms with Gasteiger partial charge in [0, 0.05) is 24.6 Å². The Bertz CT molecular complexity index is 608. The lowest BCUT2D eigenvalue weighted by molar-refractivity contribution is -0.137. The van der Waals surface area contributed by atoms with Crippen LogP contribution in [0.4, 0.5) is 24.8 Å². The molecule has 2 rings (SSSR count). The topological polar surface area (TPSA) is 29.9 Å². The van der Waals surface area contributed by atoms with Crippen LogP contribution in [0.5, 0.6) is 0 Å². The summed E-state index contributed by atoms with van der Waals surface area (Å²) in [6.07, 6.45) is 0.916. The Morgan fingerprint density at radius 2 is 2.10 bits per heavy atom. The van der Waals surface area contributed by atoms with E-state index in [-0.39, 0.29) is 5.02 Å². The number of alkyl halides is 3. The van der Waals surface area contributed by atoms with E-state index in [0.717, 1.165) is 25.5 Å². The third-order valence-corrected chi connectivity index (χ3v) is 3.33. The van der Waals surface area contributed by atoms with Gasteiger partial charge in [0.2, 0.25) is 5.95 Å². The molecule has 0 aliphatic heterocycles. The molecule has 0 aliphatic rings. The number of hydrogen-bond donors (Lipinski definition) is 1. The van der Waals surface area contributed by atoms with Crippen molar-refractivity contribution in [3.8, 4) is 0 Å². The van der Waals surface area contributed by atoms with Crippen LogP contribution >= 0.6 is 11.6 Å². The van der Waals surface area contributed by atoms with Crippen molar-refractivity contribution in [2.75, 3.05) is 5.32 Å². The van der Waals surface area contributed by atoms with E-state index >= 15 is 0 Å². The summed E-state index contributed by atoms with van der Waals surface area (Å²) in [5, 5.41) is 2.58. The zero-order valence-electron chi connectivity index (χ0n) is 11.4. The van der Waals surface area contributed by atoms with Gasteiger partial charge >= 0.3 is 6.18 Å². The Morgan fingerprint density at radius 1 is 1.33 bits per heavy atom. The summed E-state index contributed by atoms with van der Waals surface area (Å²) in [5.74, 6) is 0.513. The summed E-state index contributed by atoms with van der Waals surface area (Å²) in [7, 11) is 0. The van der Waals surface area contributed by atoms with Crippen LogP contribution in [0.1, 0.15) is 25.3 Å². The maximum Gasteiger partial charge on any atom is 0.417 e. The number of anilines is 2. The average Bonchev–Trinajstić information content (AvgIpc) is 2.84. The summed E-state index contributed by atoms with van der Waals surface area (Å²) < 4.78 is 40.3. The second kappa shape index (κ2) is 6.39. The Morgan fingerprint density at radius 3 is 2.76 bits per heavy atom. The van der Waals surface area contributed by atoms with Crippen molar-refractivity contribution >= 4 is 23.2 Å². The Labute approximate surface area is 125 Å². The van der Waals surface area contributed by atoms with Gasteiger partial charge in [0.25, 0.3) is 0 Å². The van der Waals surface area contributed by atoms with Crippen molar-refractivity contribution in [2.24, 2.45) is 0 Å². The summed E-state index contributed by atoms with van der Waals surface area (Å²) in [6, 6.07) is 3.71. The van der Waals surface area contributed by atoms with Gasteiger partial charge in [-0.05, 0) is 24.6 Å². The number of nitrogens with zero attached hydrogens (tertiary/aromatic N) is 2. The maximum absolute atomic E-state index is 12.8. The molecule has 1 aromatic heterocycles. The highest BCUT2D eigenvalue weighted by Crippen LogP contribution is 2.36. The van der Waals surface area contributed by atoms with Crippen LogP contribution in [0.25, 0.3) is 0 Å². The van der Waals surface area contributed by atoms with E-state index in [9.17, 15) is 13.2 Å². The Kier molecular flexibility index (Phi) is 4.77.